The molecule has 2 heterocycles. The van der Waals surface area contributed by atoms with Crippen LogP contribution in [0.4, 0.5) is 5.95 Å². The van der Waals surface area contributed by atoms with Crippen molar-refractivity contribution in [1.82, 2.24) is 19.8 Å². The van der Waals surface area contributed by atoms with Gasteiger partial charge in [0.05, 0.1) is 45.6 Å². The van der Waals surface area contributed by atoms with E-state index >= 15 is 0 Å². The van der Waals surface area contributed by atoms with Crippen LogP contribution in [0.25, 0.3) is 5.69 Å². The van der Waals surface area contributed by atoms with E-state index in [4.69, 9.17) is 28.2 Å². The van der Waals surface area contributed by atoms with Crippen molar-refractivity contribution < 1.29 is 9.59 Å². The zero-order chi connectivity index (χ0) is 30.8. The van der Waals surface area contributed by atoms with E-state index < -0.39 is 0 Å². The highest BCUT2D eigenvalue weighted by Gasteiger charge is 2.32. The molecule has 11 heteroatoms. The van der Waals surface area contributed by atoms with E-state index in [1.54, 1.807) is 60.5 Å². The standard InChI is InChI=1S/C32H28Cl2N6O3/c1-18-14-25-28(17-39(18)30(42)23-10-13-26(33)27(34)15-23)38-32(37-19(2)21-6-4-20(16-35)5-7-21)40(31(25)43)24-11-8-22(9-12-24)29(41)36-3/h4-13,15,18-19H,14,17H2,1-3H3,(H,36,41)(H,37,38)/t18-,19?/m1/s1. The normalized spacial score (nSPS) is 14.8. The number of rotatable bonds is 6. The van der Waals surface area contributed by atoms with Crippen molar-refractivity contribution in [2.24, 2.45) is 0 Å². The Labute approximate surface area is 258 Å². The van der Waals surface area contributed by atoms with Gasteiger partial charge in [-0.05, 0) is 80.4 Å². The summed E-state index contributed by atoms with van der Waals surface area (Å²) >= 11 is 12.2. The Balaban J connectivity index is 1.57. The quantitative estimate of drug-likeness (QED) is 0.294. The molecule has 0 saturated carbocycles. The van der Waals surface area contributed by atoms with Crippen molar-refractivity contribution in [1.29, 1.82) is 5.26 Å². The van der Waals surface area contributed by atoms with Gasteiger partial charge in [0.1, 0.15) is 0 Å². The van der Waals surface area contributed by atoms with Gasteiger partial charge >= 0.3 is 0 Å². The number of halogens is 2. The van der Waals surface area contributed by atoms with E-state index in [-0.39, 0.29) is 47.0 Å². The second kappa shape index (κ2) is 12.3. The molecule has 4 aromatic rings. The van der Waals surface area contributed by atoms with E-state index in [0.29, 0.717) is 45.1 Å². The Hall–Kier alpha value is -4.65. The Morgan fingerprint density at radius 2 is 1.70 bits per heavy atom. The number of carbonyl (C=O) groups is 2. The second-order valence-corrected chi connectivity index (χ2v) is 11.2. The van der Waals surface area contributed by atoms with Crippen molar-refractivity contribution in [3.8, 4) is 11.8 Å². The van der Waals surface area contributed by atoms with Crippen molar-refractivity contribution in [2.45, 2.75) is 38.9 Å². The molecule has 43 heavy (non-hydrogen) atoms. The van der Waals surface area contributed by atoms with Gasteiger partial charge in [-0.15, -0.1) is 0 Å². The lowest BCUT2D eigenvalue weighted by Crippen LogP contribution is -2.46. The van der Waals surface area contributed by atoms with Crippen LogP contribution in [-0.2, 0) is 13.0 Å². The van der Waals surface area contributed by atoms with Crippen LogP contribution in [-0.4, -0.2) is 39.4 Å². The molecule has 0 radical (unpaired) electrons. The third-order valence-corrected chi connectivity index (χ3v) is 8.28. The zero-order valence-electron chi connectivity index (χ0n) is 23.7. The number of carbonyl (C=O) groups excluding carboxylic acids is 2. The molecule has 218 valence electrons. The lowest BCUT2D eigenvalue weighted by atomic mass is 9.98. The average molecular weight is 616 g/mol. The predicted molar refractivity (Wildman–Crippen MR) is 166 cm³/mol. The molecule has 0 saturated heterocycles. The third-order valence-electron chi connectivity index (χ3n) is 7.54. The molecule has 0 aliphatic carbocycles. The van der Waals surface area contributed by atoms with Crippen LogP contribution in [0.5, 0.6) is 0 Å². The summed E-state index contributed by atoms with van der Waals surface area (Å²) in [7, 11) is 1.55. The number of amides is 2. The summed E-state index contributed by atoms with van der Waals surface area (Å²) in [5.41, 5.74) is 3.54. The van der Waals surface area contributed by atoms with Crippen molar-refractivity contribution in [2.75, 3.05) is 12.4 Å². The topological polar surface area (TPSA) is 120 Å². The van der Waals surface area contributed by atoms with Crippen molar-refractivity contribution >= 4 is 41.0 Å². The Morgan fingerprint density at radius 3 is 2.33 bits per heavy atom. The Kier molecular flexibility index (Phi) is 8.53. The number of nitriles is 1. The second-order valence-electron chi connectivity index (χ2n) is 10.3. The first-order chi connectivity index (χ1) is 20.6. The molecular formula is C32H28Cl2N6O3. The molecule has 2 atom stereocenters. The first kappa shape index (κ1) is 29.8. The number of hydrogen-bond acceptors (Lipinski definition) is 6. The molecule has 9 nitrogen and oxygen atoms in total. The highest BCUT2D eigenvalue weighted by atomic mass is 35.5. The maximum absolute atomic E-state index is 14.1. The summed E-state index contributed by atoms with van der Waals surface area (Å²) in [4.78, 5) is 46.3. The summed E-state index contributed by atoms with van der Waals surface area (Å²) in [6.45, 7) is 3.94. The summed E-state index contributed by atoms with van der Waals surface area (Å²) in [5, 5.41) is 15.8. The van der Waals surface area contributed by atoms with Crippen LogP contribution in [0.3, 0.4) is 0 Å². The van der Waals surface area contributed by atoms with Gasteiger partial charge in [-0.25, -0.2) is 9.55 Å². The largest absolute Gasteiger partial charge is 0.355 e. The maximum atomic E-state index is 14.1. The van der Waals surface area contributed by atoms with Gasteiger partial charge in [0.2, 0.25) is 5.95 Å². The van der Waals surface area contributed by atoms with Crippen LogP contribution in [0.15, 0.2) is 71.5 Å². The van der Waals surface area contributed by atoms with Gasteiger partial charge in [0.15, 0.2) is 0 Å². The molecule has 1 aromatic heterocycles. The number of hydrogen-bond donors (Lipinski definition) is 2. The van der Waals surface area contributed by atoms with E-state index in [1.165, 1.54) is 10.6 Å². The van der Waals surface area contributed by atoms with Crippen LogP contribution in [0.1, 0.15) is 63.0 Å². The fourth-order valence-electron chi connectivity index (χ4n) is 5.09. The number of fused-ring (bicyclic) bond motifs is 1. The first-order valence-corrected chi connectivity index (χ1v) is 14.4. The zero-order valence-corrected chi connectivity index (χ0v) is 25.2. The van der Waals surface area contributed by atoms with Crippen LogP contribution in [0.2, 0.25) is 10.0 Å². The van der Waals surface area contributed by atoms with Gasteiger partial charge in [0.25, 0.3) is 17.4 Å². The molecule has 5 rings (SSSR count). The first-order valence-electron chi connectivity index (χ1n) is 13.6. The lowest BCUT2D eigenvalue weighted by Gasteiger charge is -2.35. The van der Waals surface area contributed by atoms with Crippen LogP contribution in [0, 0.1) is 11.3 Å². The van der Waals surface area contributed by atoms with Crippen LogP contribution < -0.4 is 16.2 Å². The SMILES string of the molecule is CNC(=O)c1ccc(-n2c(NC(C)c3ccc(C#N)cc3)nc3c(c2=O)C[C@@H](C)N(C(=O)c2ccc(Cl)c(Cl)c2)C3)cc1. The summed E-state index contributed by atoms with van der Waals surface area (Å²) in [6.07, 6.45) is 0.302. The highest BCUT2D eigenvalue weighted by molar-refractivity contribution is 6.42. The molecule has 1 aliphatic rings. The molecule has 2 amide bonds. The predicted octanol–water partition coefficient (Wildman–Crippen LogP) is 5.53. The lowest BCUT2D eigenvalue weighted by molar-refractivity contribution is 0.0653. The van der Waals surface area contributed by atoms with Gasteiger partial charge in [-0.3, -0.25) is 14.4 Å². The molecule has 3 aromatic carbocycles. The number of anilines is 1. The summed E-state index contributed by atoms with van der Waals surface area (Å²) in [6, 6.07) is 20.1. The van der Waals surface area contributed by atoms with Gasteiger partial charge in [-0.1, -0.05) is 35.3 Å². The average Bonchev–Trinajstić information content (AvgIpc) is 3.02. The van der Waals surface area contributed by atoms with Crippen molar-refractivity contribution in [3.05, 3.63) is 121 Å². The summed E-state index contributed by atoms with van der Waals surface area (Å²) in [5.74, 6) is -0.200. The Bertz CT molecular complexity index is 1810. The number of aromatic nitrogens is 2. The molecule has 2 N–H and O–H groups in total. The summed E-state index contributed by atoms with van der Waals surface area (Å²) < 4.78 is 1.50. The number of benzene rings is 3. The highest BCUT2D eigenvalue weighted by Crippen LogP contribution is 2.28. The molecule has 0 bridgehead atoms. The molecule has 0 spiro atoms. The fraction of sp³-hybridized carbons (Fsp3) is 0.219. The monoisotopic (exact) mass is 614 g/mol. The van der Waals surface area contributed by atoms with E-state index in [1.807, 2.05) is 26.0 Å². The number of nitrogens with one attached hydrogen (secondary N) is 2. The smallest absolute Gasteiger partial charge is 0.263 e. The van der Waals surface area contributed by atoms with Gasteiger partial charge < -0.3 is 15.5 Å². The maximum Gasteiger partial charge on any atom is 0.263 e. The van der Waals surface area contributed by atoms with E-state index in [9.17, 15) is 19.6 Å². The minimum absolute atomic E-state index is 0.126. The molecule has 0 fully saturated rings. The minimum Gasteiger partial charge on any atom is -0.355 e. The number of nitrogens with zero attached hydrogens (tertiary/aromatic N) is 4. The third kappa shape index (κ3) is 5.98. The Morgan fingerprint density at radius 1 is 1.02 bits per heavy atom. The van der Waals surface area contributed by atoms with Crippen molar-refractivity contribution in [3.63, 3.8) is 0 Å². The minimum atomic E-state index is -0.288. The van der Waals surface area contributed by atoms with E-state index in [0.717, 1.165) is 5.56 Å². The van der Waals surface area contributed by atoms with Gasteiger partial charge in [-0.2, -0.15) is 5.26 Å². The van der Waals surface area contributed by atoms with Gasteiger partial charge in [0, 0.05) is 29.8 Å². The fourth-order valence-corrected chi connectivity index (χ4v) is 5.39. The molecule has 1 aliphatic heterocycles. The van der Waals surface area contributed by atoms with E-state index in [2.05, 4.69) is 16.7 Å². The van der Waals surface area contributed by atoms with Crippen LogP contribution >= 0.6 is 23.2 Å². The molecular weight excluding hydrogens is 587 g/mol. The molecule has 1 unspecified atom stereocenters.